The van der Waals surface area contributed by atoms with Crippen molar-refractivity contribution in [3.8, 4) is 5.13 Å². The van der Waals surface area contributed by atoms with Crippen LogP contribution in [-0.4, -0.2) is 30.6 Å². The number of nitrogens with zero attached hydrogens (tertiary/aromatic N) is 4. The summed E-state index contributed by atoms with van der Waals surface area (Å²) in [6, 6.07) is 18.8. The van der Waals surface area contributed by atoms with Crippen molar-refractivity contribution in [2.45, 2.75) is 32.0 Å². The third-order valence-electron chi connectivity index (χ3n) is 5.26. The van der Waals surface area contributed by atoms with Gasteiger partial charge in [-0.05, 0) is 62.5 Å². The summed E-state index contributed by atoms with van der Waals surface area (Å²) in [5, 5.41) is 5.24. The summed E-state index contributed by atoms with van der Waals surface area (Å²) >= 11 is 7.42. The standard InChI is InChI=1S/C22H21N5S2/c1-14(2)27-20(19(25-21(27)28)16-9-5-6-12-23-16)17-10-7-13-26(17)22-24-15-8-3-4-11-18(15)29-22/h3-14,19-20H,1-2H3,(H,25,28)/t19-,20-/m0/s1. The van der Waals surface area contributed by atoms with E-state index in [4.69, 9.17) is 17.2 Å². The Hall–Kier alpha value is -2.77. The van der Waals surface area contributed by atoms with Crippen molar-refractivity contribution in [1.29, 1.82) is 0 Å². The summed E-state index contributed by atoms with van der Waals surface area (Å²) < 4.78 is 3.38. The first-order chi connectivity index (χ1) is 14.1. The fourth-order valence-electron chi connectivity index (χ4n) is 4.01. The summed E-state index contributed by atoms with van der Waals surface area (Å²) in [6.07, 6.45) is 3.92. The van der Waals surface area contributed by atoms with Gasteiger partial charge in [0.2, 0.25) is 0 Å². The Labute approximate surface area is 179 Å². The fourth-order valence-corrected chi connectivity index (χ4v) is 5.43. The Balaban J connectivity index is 1.64. The molecule has 1 N–H and O–H groups in total. The molecule has 1 saturated heterocycles. The first-order valence-corrected chi connectivity index (χ1v) is 10.9. The smallest absolute Gasteiger partial charge is 0.194 e. The Kier molecular flexibility index (Phi) is 4.56. The van der Waals surface area contributed by atoms with Gasteiger partial charge in [0.1, 0.15) is 0 Å². The van der Waals surface area contributed by atoms with Crippen LogP contribution in [0.15, 0.2) is 67.0 Å². The molecule has 3 aromatic heterocycles. The molecule has 2 atom stereocenters. The molecule has 5 rings (SSSR count). The summed E-state index contributed by atoms with van der Waals surface area (Å²) in [5.41, 5.74) is 3.16. The van der Waals surface area contributed by atoms with Gasteiger partial charge in [-0.25, -0.2) is 4.98 Å². The molecule has 7 heteroatoms. The topological polar surface area (TPSA) is 46.0 Å². The molecule has 146 valence electrons. The summed E-state index contributed by atoms with van der Waals surface area (Å²) in [7, 11) is 0. The molecule has 0 unspecified atom stereocenters. The molecule has 4 heterocycles. The van der Waals surface area contributed by atoms with Crippen molar-refractivity contribution >= 4 is 38.9 Å². The predicted octanol–water partition coefficient (Wildman–Crippen LogP) is 4.86. The molecule has 1 fully saturated rings. The van der Waals surface area contributed by atoms with Crippen molar-refractivity contribution in [2.75, 3.05) is 0 Å². The van der Waals surface area contributed by atoms with Crippen molar-refractivity contribution < 1.29 is 0 Å². The normalized spacial score (nSPS) is 19.3. The van der Waals surface area contributed by atoms with Gasteiger partial charge in [-0.2, -0.15) is 0 Å². The van der Waals surface area contributed by atoms with Crippen LogP contribution in [0.25, 0.3) is 15.3 Å². The number of fused-ring (bicyclic) bond motifs is 1. The highest BCUT2D eigenvalue weighted by atomic mass is 32.1. The number of thiocarbonyl (C=S) groups is 1. The van der Waals surface area contributed by atoms with Gasteiger partial charge in [-0.15, -0.1) is 0 Å². The highest BCUT2D eigenvalue weighted by molar-refractivity contribution is 7.80. The lowest BCUT2D eigenvalue weighted by Crippen LogP contribution is -2.36. The van der Waals surface area contributed by atoms with Crippen LogP contribution in [0.5, 0.6) is 0 Å². The Morgan fingerprint density at radius 1 is 1.07 bits per heavy atom. The molecule has 5 nitrogen and oxygen atoms in total. The lowest BCUT2D eigenvalue weighted by Gasteiger charge is -2.31. The van der Waals surface area contributed by atoms with Crippen molar-refractivity contribution in [1.82, 2.24) is 24.8 Å². The maximum absolute atomic E-state index is 5.72. The monoisotopic (exact) mass is 419 g/mol. The van der Waals surface area contributed by atoms with Crippen LogP contribution in [-0.2, 0) is 0 Å². The third-order valence-corrected chi connectivity index (χ3v) is 6.63. The van der Waals surface area contributed by atoms with E-state index >= 15 is 0 Å². The fraction of sp³-hybridized carbons (Fsp3) is 0.227. The second kappa shape index (κ2) is 7.24. The molecule has 0 amide bonds. The van der Waals surface area contributed by atoms with E-state index in [-0.39, 0.29) is 18.1 Å². The van der Waals surface area contributed by atoms with Crippen LogP contribution in [0, 0.1) is 0 Å². The summed E-state index contributed by atoms with van der Waals surface area (Å²) in [5.74, 6) is 0. The average Bonchev–Trinajstić information content (AvgIpc) is 3.44. The van der Waals surface area contributed by atoms with Gasteiger partial charge >= 0.3 is 0 Å². The van der Waals surface area contributed by atoms with Gasteiger partial charge in [0.15, 0.2) is 10.2 Å². The number of aromatic nitrogens is 3. The van der Waals surface area contributed by atoms with E-state index in [9.17, 15) is 0 Å². The van der Waals surface area contributed by atoms with Crippen LogP contribution in [0.3, 0.4) is 0 Å². The Morgan fingerprint density at radius 2 is 1.90 bits per heavy atom. The third kappa shape index (κ3) is 3.10. The number of para-hydroxylation sites is 1. The zero-order valence-electron chi connectivity index (χ0n) is 16.2. The van der Waals surface area contributed by atoms with E-state index in [1.165, 1.54) is 4.70 Å². The number of thiazole rings is 1. The molecule has 1 aliphatic heterocycles. The van der Waals surface area contributed by atoms with Crippen molar-refractivity contribution in [2.24, 2.45) is 0 Å². The number of hydrogen-bond acceptors (Lipinski definition) is 4. The second-order valence-electron chi connectivity index (χ2n) is 7.39. The second-order valence-corrected chi connectivity index (χ2v) is 8.79. The van der Waals surface area contributed by atoms with Crippen LogP contribution in [0.2, 0.25) is 0 Å². The van der Waals surface area contributed by atoms with E-state index in [0.29, 0.717) is 0 Å². The molecular formula is C22H21N5S2. The predicted molar refractivity (Wildman–Crippen MR) is 121 cm³/mol. The molecule has 1 aromatic carbocycles. The van der Waals surface area contributed by atoms with Gasteiger partial charge in [-0.3, -0.25) is 9.55 Å². The molecule has 0 aliphatic carbocycles. The minimum absolute atomic E-state index is 0.0193. The maximum Gasteiger partial charge on any atom is 0.194 e. The lowest BCUT2D eigenvalue weighted by molar-refractivity contribution is 0.262. The van der Waals surface area contributed by atoms with E-state index in [2.05, 4.69) is 76.2 Å². The number of hydrogen-bond donors (Lipinski definition) is 1. The van der Waals surface area contributed by atoms with Gasteiger partial charge in [0.05, 0.1) is 33.7 Å². The zero-order chi connectivity index (χ0) is 20.0. The number of nitrogens with one attached hydrogen (secondary N) is 1. The molecule has 0 bridgehead atoms. The molecule has 0 spiro atoms. The van der Waals surface area contributed by atoms with E-state index < -0.39 is 0 Å². The highest BCUT2D eigenvalue weighted by Gasteiger charge is 2.42. The molecular weight excluding hydrogens is 398 g/mol. The highest BCUT2D eigenvalue weighted by Crippen LogP contribution is 2.41. The summed E-state index contributed by atoms with van der Waals surface area (Å²) in [4.78, 5) is 11.8. The van der Waals surface area contributed by atoms with Crippen LogP contribution in [0.1, 0.15) is 37.3 Å². The summed E-state index contributed by atoms with van der Waals surface area (Å²) in [6.45, 7) is 4.35. The van der Waals surface area contributed by atoms with Crippen molar-refractivity contribution in [3.63, 3.8) is 0 Å². The number of pyridine rings is 1. The minimum atomic E-state index is -0.0193. The van der Waals surface area contributed by atoms with Gasteiger partial charge in [-0.1, -0.05) is 29.5 Å². The Morgan fingerprint density at radius 3 is 2.66 bits per heavy atom. The molecule has 0 saturated carbocycles. The van der Waals surface area contributed by atoms with Gasteiger partial charge in [0, 0.05) is 18.4 Å². The van der Waals surface area contributed by atoms with Crippen molar-refractivity contribution in [3.05, 3.63) is 78.4 Å². The molecule has 1 aliphatic rings. The van der Waals surface area contributed by atoms with Gasteiger partial charge < -0.3 is 10.2 Å². The lowest BCUT2D eigenvalue weighted by atomic mass is 10.0. The van der Waals surface area contributed by atoms with Crippen LogP contribution >= 0.6 is 23.6 Å². The average molecular weight is 420 g/mol. The molecule has 29 heavy (non-hydrogen) atoms. The van der Waals surface area contributed by atoms with Crippen LogP contribution in [0.4, 0.5) is 0 Å². The van der Waals surface area contributed by atoms with E-state index in [1.807, 2.05) is 24.4 Å². The SMILES string of the molecule is CC(C)N1C(=S)N[C@@H](c2ccccn2)[C@@H]1c1cccn1-c1nc2ccccc2s1. The van der Waals surface area contributed by atoms with Crippen LogP contribution < -0.4 is 5.32 Å². The first kappa shape index (κ1) is 18.3. The quantitative estimate of drug-likeness (QED) is 0.479. The number of benzene rings is 1. The maximum atomic E-state index is 5.72. The largest absolute Gasteiger partial charge is 0.352 e. The molecule has 0 radical (unpaired) electrons. The van der Waals surface area contributed by atoms with Gasteiger partial charge in [0.25, 0.3) is 0 Å². The molecule has 4 aromatic rings. The van der Waals surface area contributed by atoms with E-state index in [0.717, 1.165) is 27.1 Å². The first-order valence-electron chi connectivity index (χ1n) is 9.66. The minimum Gasteiger partial charge on any atom is -0.352 e. The van der Waals surface area contributed by atoms with E-state index in [1.54, 1.807) is 11.3 Å². The Bertz CT molecular complexity index is 1130. The zero-order valence-corrected chi connectivity index (χ0v) is 17.8. The number of rotatable bonds is 4.